The number of pyridine rings is 1. The van der Waals surface area contributed by atoms with Gasteiger partial charge in [0, 0.05) is 50.9 Å². The highest BCUT2D eigenvalue weighted by Gasteiger charge is 2.50. The first-order valence-electron chi connectivity index (χ1n) is 11.9. The minimum atomic E-state index is -0.298. The Bertz CT molecular complexity index is 1580. The number of piperidine rings is 1. The number of rotatable bonds is 4. The van der Waals surface area contributed by atoms with Crippen molar-refractivity contribution in [1.82, 2.24) is 19.4 Å². The van der Waals surface area contributed by atoms with Crippen molar-refractivity contribution in [1.29, 1.82) is 0 Å². The lowest BCUT2D eigenvalue weighted by Gasteiger charge is -2.32. The number of nitrogens with zero attached hydrogens (tertiary/aromatic N) is 3. The quantitative estimate of drug-likeness (QED) is 0.257. The average Bonchev–Trinajstić information content (AvgIpc) is 3.61. The number of nitrogen functional groups attached to an aromatic ring is 1. The van der Waals surface area contributed by atoms with Crippen LogP contribution < -0.4 is 11.4 Å². The zero-order valence-electron chi connectivity index (χ0n) is 19.2. The van der Waals surface area contributed by atoms with Gasteiger partial charge in [-0.25, -0.2) is 4.79 Å². The predicted molar refractivity (Wildman–Crippen MR) is 145 cm³/mol. The molecule has 1 saturated carbocycles. The molecule has 36 heavy (non-hydrogen) atoms. The third-order valence-corrected chi connectivity index (χ3v) is 8.73. The number of nitrogens with one attached hydrogen (secondary N) is 1. The molecule has 1 aliphatic carbocycles. The van der Waals surface area contributed by atoms with E-state index in [1.54, 1.807) is 22.9 Å². The van der Waals surface area contributed by atoms with E-state index in [2.05, 4.69) is 41.8 Å². The molecule has 4 aromatic rings. The van der Waals surface area contributed by atoms with E-state index in [0.29, 0.717) is 52.5 Å². The Morgan fingerprint density at radius 1 is 1.06 bits per heavy atom. The number of carbonyl (C=O) groups excluding carboxylic acids is 2. The van der Waals surface area contributed by atoms with Gasteiger partial charge >= 0.3 is 5.69 Å². The maximum Gasteiger partial charge on any atom is 0.326 e. The number of benzene rings is 2. The molecule has 2 unspecified atom stereocenters. The minimum absolute atomic E-state index is 0.0145. The summed E-state index contributed by atoms with van der Waals surface area (Å²) in [5.41, 5.74) is 9.29. The van der Waals surface area contributed by atoms with Gasteiger partial charge in [-0.05, 0) is 69.3 Å². The van der Waals surface area contributed by atoms with Gasteiger partial charge in [0.05, 0.1) is 28.4 Å². The summed E-state index contributed by atoms with van der Waals surface area (Å²) in [4.78, 5) is 48.4. The lowest BCUT2D eigenvalue weighted by molar-refractivity contribution is -0.134. The molecule has 3 heterocycles. The van der Waals surface area contributed by atoms with Gasteiger partial charge in [-0.1, -0.05) is 18.2 Å². The van der Waals surface area contributed by atoms with Gasteiger partial charge in [0.1, 0.15) is 0 Å². The first kappa shape index (κ1) is 23.4. The van der Waals surface area contributed by atoms with Crippen molar-refractivity contribution in [3.63, 3.8) is 0 Å². The minimum Gasteiger partial charge on any atom is -0.397 e. The van der Waals surface area contributed by atoms with Gasteiger partial charge in [-0.2, -0.15) is 0 Å². The Kier molecular flexibility index (Phi) is 5.75. The van der Waals surface area contributed by atoms with Crippen molar-refractivity contribution in [2.45, 2.75) is 25.3 Å². The van der Waals surface area contributed by atoms with Crippen LogP contribution in [0.4, 0.5) is 5.69 Å². The summed E-state index contributed by atoms with van der Waals surface area (Å²) >= 11 is 6.76. The molecular weight excluding hydrogens is 590 g/mol. The summed E-state index contributed by atoms with van der Waals surface area (Å²) < 4.78 is 3.10. The second-order valence-electron chi connectivity index (χ2n) is 9.56. The second-order valence-corrected chi connectivity index (χ2v) is 11.3. The number of fused-ring (bicyclic) bond motifs is 3. The number of carbonyl (C=O) groups is 2. The van der Waals surface area contributed by atoms with Crippen molar-refractivity contribution >= 4 is 71.2 Å². The molecule has 1 amide bonds. The number of Topliss-reactive ketones (excluding diaryl/α,β-unsaturated/α-hetero) is 1. The van der Waals surface area contributed by atoms with Crippen molar-refractivity contribution in [3.8, 4) is 0 Å². The molecule has 184 valence electrons. The molecule has 0 radical (unpaired) electrons. The number of amides is 1. The predicted octanol–water partition coefficient (Wildman–Crippen LogP) is 4.67. The summed E-state index contributed by atoms with van der Waals surface area (Å²) in [6.07, 6.45) is 3.67. The summed E-state index contributed by atoms with van der Waals surface area (Å²) in [6, 6.07) is 11.2. The molecule has 6 rings (SSSR count). The molecule has 2 aliphatic rings. The highest BCUT2D eigenvalue weighted by atomic mass is 79.9. The third kappa shape index (κ3) is 3.87. The number of ketones is 1. The number of halogens is 2. The van der Waals surface area contributed by atoms with Crippen molar-refractivity contribution < 1.29 is 9.59 Å². The fourth-order valence-electron chi connectivity index (χ4n) is 5.36. The van der Waals surface area contributed by atoms with Crippen molar-refractivity contribution in [2.24, 2.45) is 11.8 Å². The van der Waals surface area contributed by atoms with E-state index in [9.17, 15) is 14.4 Å². The molecule has 2 aromatic carbocycles. The number of likely N-dealkylation sites (tertiary alicyclic amines) is 1. The van der Waals surface area contributed by atoms with Crippen LogP contribution in [0, 0.1) is 11.8 Å². The monoisotopic (exact) mass is 611 g/mol. The molecule has 3 N–H and O–H groups in total. The summed E-state index contributed by atoms with van der Waals surface area (Å²) in [5.74, 6) is -0.585. The fraction of sp³-hybridized carbons (Fsp3) is 0.308. The van der Waals surface area contributed by atoms with Gasteiger partial charge < -0.3 is 15.6 Å². The zero-order chi connectivity index (χ0) is 25.1. The Balaban J connectivity index is 1.14. The first-order valence-corrected chi connectivity index (χ1v) is 13.5. The lowest BCUT2D eigenvalue weighted by atomic mass is 10.0. The Labute approximate surface area is 223 Å². The highest BCUT2D eigenvalue weighted by Crippen LogP contribution is 2.44. The van der Waals surface area contributed by atoms with Gasteiger partial charge in [-0.15, -0.1) is 0 Å². The summed E-state index contributed by atoms with van der Waals surface area (Å²) in [6.45, 7) is 1.11. The highest BCUT2D eigenvalue weighted by molar-refractivity contribution is 9.11. The first-order chi connectivity index (χ1) is 17.3. The smallest absolute Gasteiger partial charge is 0.326 e. The van der Waals surface area contributed by atoms with Crippen LogP contribution in [0.2, 0.25) is 0 Å². The number of hydrogen-bond acceptors (Lipinski definition) is 5. The van der Waals surface area contributed by atoms with Crippen LogP contribution in [0.25, 0.3) is 21.9 Å². The van der Waals surface area contributed by atoms with Crippen LogP contribution in [0.3, 0.4) is 0 Å². The van der Waals surface area contributed by atoms with E-state index in [1.807, 2.05) is 29.2 Å². The standard InChI is InChI=1S/C26H23Br2N5O3/c27-18-9-13(10-19(28)22(18)29)24(34)16-11-17(16)25(35)32-7-5-14(6-8-32)33-21-12-30-20-4-2-1-3-15(20)23(21)31-26(33)36/h1-4,9-10,12,14,16-17H,5-8,11,29H2,(H,31,36). The number of imidazole rings is 1. The Morgan fingerprint density at radius 2 is 1.75 bits per heavy atom. The topological polar surface area (TPSA) is 114 Å². The largest absolute Gasteiger partial charge is 0.397 e. The lowest BCUT2D eigenvalue weighted by Crippen LogP contribution is -2.41. The van der Waals surface area contributed by atoms with Crippen molar-refractivity contribution in [2.75, 3.05) is 18.8 Å². The van der Waals surface area contributed by atoms with Gasteiger partial charge in [0.2, 0.25) is 5.91 Å². The molecule has 8 nitrogen and oxygen atoms in total. The molecule has 10 heteroatoms. The molecule has 1 aliphatic heterocycles. The number of H-pyrrole nitrogens is 1. The number of anilines is 1. The third-order valence-electron chi connectivity index (χ3n) is 7.42. The van der Waals surface area contributed by atoms with Gasteiger partial charge in [0.25, 0.3) is 0 Å². The summed E-state index contributed by atoms with van der Waals surface area (Å²) in [7, 11) is 0. The van der Waals surface area contributed by atoms with Crippen LogP contribution in [0.5, 0.6) is 0 Å². The number of nitrogens with two attached hydrogens (primary N) is 1. The van der Waals surface area contributed by atoms with Gasteiger partial charge in [0.15, 0.2) is 5.78 Å². The maximum absolute atomic E-state index is 13.2. The Morgan fingerprint density at radius 3 is 2.47 bits per heavy atom. The van der Waals surface area contributed by atoms with E-state index < -0.39 is 0 Å². The maximum atomic E-state index is 13.2. The molecule has 0 bridgehead atoms. The molecule has 0 spiro atoms. The van der Waals surface area contributed by atoms with E-state index in [4.69, 9.17) is 5.73 Å². The normalized spacial score (nSPS) is 20.2. The number of hydrogen-bond donors (Lipinski definition) is 2. The van der Waals surface area contributed by atoms with Crippen LogP contribution in [0.15, 0.2) is 56.3 Å². The number of para-hydroxylation sites is 1. The number of aromatic nitrogens is 3. The van der Waals surface area contributed by atoms with E-state index in [0.717, 1.165) is 21.9 Å². The van der Waals surface area contributed by atoms with Crippen molar-refractivity contribution in [3.05, 3.63) is 67.6 Å². The van der Waals surface area contributed by atoms with Gasteiger partial charge in [-0.3, -0.25) is 19.1 Å². The van der Waals surface area contributed by atoms with Crippen LogP contribution >= 0.6 is 31.9 Å². The SMILES string of the molecule is Nc1c(Br)cc(C(=O)C2CC2C(=O)N2CCC(n3c(=O)[nH]c4c5ccccc5ncc43)CC2)cc1Br. The van der Waals surface area contributed by atoms with E-state index in [1.165, 1.54) is 0 Å². The van der Waals surface area contributed by atoms with E-state index in [-0.39, 0.29) is 35.3 Å². The molecule has 2 fully saturated rings. The van der Waals surface area contributed by atoms with Crippen LogP contribution in [0.1, 0.15) is 35.7 Å². The van der Waals surface area contributed by atoms with Crippen LogP contribution in [-0.4, -0.2) is 44.2 Å². The second kappa shape index (κ2) is 8.85. The van der Waals surface area contributed by atoms with Crippen LogP contribution in [-0.2, 0) is 4.79 Å². The molecular formula is C26H23Br2N5O3. The summed E-state index contributed by atoms with van der Waals surface area (Å²) in [5, 5.41) is 0.920. The molecule has 2 aromatic heterocycles. The Hall–Kier alpha value is -2.98. The average molecular weight is 613 g/mol. The molecule has 2 atom stereocenters. The zero-order valence-corrected chi connectivity index (χ0v) is 22.4. The molecule has 1 saturated heterocycles. The number of aromatic amines is 1. The van der Waals surface area contributed by atoms with E-state index >= 15 is 0 Å². The fourth-order valence-corrected chi connectivity index (χ4v) is 6.55.